The topological polar surface area (TPSA) is 78.4 Å². The van der Waals surface area contributed by atoms with Crippen molar-refractivity contribution < 1.29 is 14.7 Å². The number of amides is 2. The summed E-state index contributed by atoms with van der Waals surface area (Å²) in [6, 6.07) is -1.11. The Balaban J connectivity index is 2.26. The number of carboxylic acids is 1. The molecule has 0 radical (unpaired) electrons. The molecule has 98 valence electrons. The van der Waals surface area contributed by atoms with Crippen LogP contribution >= 0.6 is 0 Å². The maximum Gasteiger partial charge on any atom is 0.326 e. The lowest BCUT2D eigenvalue weighted by Gasteiger charge is -2.19. The highest BCUT2D eigenvalue weighted by Gasteiger charge is 2.37. The molecule has 0 bridgehead atoms. The summed E-state index contributed by atoms with van der Waals surface area (Å²) in [6.45, 7) is 6.84. The average Bonchev–Trinajstić information content (AvgIpc) is 2.94. The van der Waals surface area contributed by atoms with Crippen LogP contribution in [0.25, 0.3) is 0 Å². The maximum atomic E-state index is 11.5. The summed E-state index contributed by atoms with van der Waals surface area (Å²) in [7, 11) is 0. The Labute approximate surface area is 102 Å². The molecule has 1 unspecified atom stereocenters. The number of nitrogens with one attached hydrogen (secondary N) is 2. The van der Waals surface area contributed by atoms with E-state index in [1.807, 2.05) is 0 Å². The molecule has 2 amide bonds. The van der Waals surface area contributed by atoms with Gasteiger partial charge in [0.15, 0.2) is 0 Å². The highest BCUT2D eigenvalue weighted by Crippen LogP contribution is 2.32. The Kier molecular flexibility index (Phi) is 4.37. The van der Waals surface area contributed by atoms with Crippen LogP contribution in [0.5, 0.6) is 0 Å². The van der Waals surface area contributed by atoms with Crippen molar-refractivity contribution in [2.45, 2.75) is 46.1 Å². The predicted octanol–water partition coefficient (Wildman–Crippen LogP) is 1.58. The average molecular weight is 242 g/mol. The molecule has 1 fully saturated rings. The van der Waals surface area contributed by atoms with Crippen LogP contribution in [-0.2, 0) is 4.79 Å². The molecule has 1 aliphatic carbocycles. The van der Waals surface area contributed by atoms with Gasteiger partial charge in [-0.3, -0.25) is 0 Å². The standard InChI is InChI=1S/C12H22N2O3/c1-12(2,3)6-7-13-11(17)14-9(10(15)16)8-4-5-8/h8-9H,4-7H2,1-3H3,(H,15,16)(H2,13,14,17). The molecule has 0 aromatic rings. The zero-order chi connectivity index (χ0) is 13.1. The molecule has 1 atom stereocenters. The first-order valence-corrected chi connectivity index (χ1v) is 6.07. The summed E-state index contributed by atoms with van der Waals surface area (Å²) in [6.07, 6.45) is 2.64. The van der Waals surface area contributed by atoms with E-state index in [2.05, 4.69) is 31.4 Å². The van der Waals surface area contributed by atoms with Crippen molar-refractivity contribution in [3.8, 4) is 0 Å². The van der Waals surface area contributed by atoms with Crippen molar-refractivity contribution in [3.05, 3.63) is 0 Å². The minimum absolute atomic E-state index is 0.112. The second-order valence-electron chi connectivity index (χ2n) is 5.86. The lowest BCUT2D eigenvalue weighted by molar-refractivity contribution is -0.139. The number of hydrogen-bond acceptors (Lipinski definition) is 2. The number of rotatable bonds is 5. The molecule has 0 aromatic heterocycles. The van der Waals surface area contributed by atoms with E-state index in [9.17, 15) is 9.59 Å². The summed E-state index contributed by atoms with van der Waals surface area (Å²) in [5.41, 5.74) is 0.163. The first-order valence-electron chi connectivity index (χ1n) is 6.07. The molecular weight excluding hydrogens is 220 g/mol. The molecule has 0 aliphatic heterocycles. The van der Waals surface area contributed by atoms with Crippen molar-refractivity contribution >= 4 is 12.0 Å². The SMILES string of the molecule is CC(C)(C)CCNC(=O)NC(C(=O)O)C1CC1. The van der Waals surface area contributed by atoms with E-state index in [4.69, 9.17) is 5.11 Å². The molecule has 3 N–H and O–H groups in total. The van der Waals surface area contributed by atoms with Gasteiger partial charge in [-0.2, -0.15) is 0 Å². The molecule has 0 aromatic carbocycles. The zero-order valence-electron chi connectivity index (χ0n) is 10.7. The van der Waals surface area contributed by atoms with Crippen molar-refractivity contribution in [1.82, 2.24) is 10.6 Å². The molecule has 17 heavy (non-hydrogen) atoms. The van der Waals surface area contributed by atoms with Crippen LogP contribution in [0, 0.1) is 11.3 Å². The minimum atomic E-state index is -0.946. The number of carboxylic acid groups (broad SMARTS) is 1. The van der Waals surface area contributed by atoms with Crippen molar-refractivity contribution in [1.29, 1.82) is 0 Å². The van der Waals surface area contributed by atoms with Gasteiger partial charge in [0, 0.05) is 6.54 Å². The highest BCUT2D eigenvalue weighted by molar-refractivity contribution is 5.83. The van der Waals surface area contributed by atoms with E-state index in [1.165, 1.54) is 0 Å². The van der Waals surface area contributed by atoms with E-state index in [0.29, 0.717) is 6.54 Å². The largest absolute Gasteiger partial charge is 0.480 e. The molecular formula is C12H22N2O3. The van der Waals surface area contributed by atoms with Crippen molar-refractivity contribution in [3.63, 3.8) is 0 Å². The normalized spacial score (nSPS) is 17.4. The van der Waals surface area contributed by atoms with E-state index in [0.717, 1.165) is 19.3 Å². The third-order valence-corrected chi connectivity index (χ3v) is 2.81. The van der Waals surface area contributed by atoms with Crippen LogP contribution in [0.1, 0.15) is 40.0 Å². The van der Waals surface area contributed by atoms with Crippen LogP contribution in [0.15, 0.2) is 0 Å². The number of hydrogen-bond donors (Lipinski definition) is 3. The summed E-state index contributed by atoms with van der Waals surface area (Å²) < 4.78 is 0. The second kappa shape index (κ2) is 5.38. The van der Waals surface area contributed by atoms with Crippen LogP contribution in [0.4, 0.5) is 4.79 Å². The van der Waals surface area contributed by atoms with E-state index in [1.54, 1.807) is 0 Å². The lowest BCUT2D eigenvalue weighted by atomic mass is 9.92. The fourth-order valence-electron chi connectivity index (χ4n) is 1.55. The van der Waals surface area contributed by atoms with Gasteiger partial charge < -0.3 is 15.7 Å². The lowest BCUT2D eigenvalue weighted by Crippen LogP contribution is -2.47. The number of carbonyl (C=O) groups is 2. The molecule has 0 saturated heterocycles. The van der Waals surface area contributed by atoms with E-state index >= 15 is 0 Å². The number of carbonyl (C=O) groups excluding carboxylic acids is 1. The Hall–Kier alpha value is -1.26. The Morgan fingerprint density at radius 1 is 1.35 bits per heavy atom. The highest BCUT2D eigenvalue weighted by atomic mass is 16.4. The quantitative estimate of drug-likeness (QED) is 0.685. The molecule has 0 heterocycles. The fraction of sp³-hybridized carbons (Fsp3) is 0.833. The van der Waals surface area contributed by atoms with Crippen LogP contribution in [-0.4, -0.2) is 29.7 Å². The fourth-order valence-corrected chi connectivity index (χ4v) is 1.55. The van der Waals surface area contributed by atoms with Crippen molar-refractivity contribution in [2.75, 3.05) is 6.54 Å². The first-order chi connectivity index (χ1) is 7.79. The van der Waals surface area contributed by atoms with Gasteiger partial charge in [0.2, 0.25) is 0 Å². The van der Waals surface area contributed by atoms with Crippen LogP contribution in [0.2, 0.25) is 0 Å². The van der Waals surface area contributed by atoms with Gasteiger partial charge in [0.1, 0.15) is 6.04 Å². The van der Waals surface area contributed by atoms with Crippen LogP contribution in [0.3, 0.4) is 0 Å². The Morgan fingerprint density at radius 3 is 2.35 bits per heavy atom. The van der Waals surface area contributed by atoms with E-state index < -0.39 is 12.0 Å². The summed E-state index contributed by atoms with van der Waals surface area (Å²) in [5.74, 6) is -0.834. The summed E-state index contributed by atoms with van der Waals surface area (Å²) in [5, 5.41) is 14.2. The second-order valence-corrected chi connectivity index (χ2v) is 5.86. The van der Waals surface area contributed by atoms with Gasteiger partial charge in [-0.25, -0.2) is 9.59 Å². The van der Waals surface area contributed by atoms with Gasteiger partial charge in [0.05, 0.1) is 0 Å². The van der Waals surface area contributed by atoms with Crippen LogP contribution < -0.4 is 10.6 Å². The third-order valence-electron chi connectivity index (χ3n) is 2.81. The molecule has 5 nitrogen and oxygen atoms in total. The minimum Gasteiger partial charge on any atom is -0.480 e. The van der Waals surface area contributed by atoms with Gasteiger partial charge >= 0.3 is 12.0 Å². The molecule has 5 heteroatoms. The third kappa shape index (κ3) is 5.56. The smallest absolute Gasteiger partial charge is 0.326 e. The summed E-state index contributed by atoms with van der Waals surface area (Å²) >= 11 is 0. The molecule has 1 rings (SSSR count). The summed E-state index contributed by atoms with van der Waals surface area (Å²) in [4.78, 5) is 22.4. The van der Waals surface area contributed by atoms with Gasteiger partial charge in [-0.1, -0.05) is 20.8 Å². The van der Waals surface area contributed by atoms with Gasteiger partial charge in [-0.05, 0) is 30.6 Å². The van der Waals surface area contributed by atoms with Crippen molar-refractivity contribution in [2.24, 2.45) is 11.3 Å². The predicted molar refractivity (Wildman–Crippen MR) is 64.8 cm³/mol. The molecule has 1 saturated carbocycles. The monoisotopic (exact) mass is 242 g/mol. The molecule has 1 aliphatic rings. The Bertz CT molecular complexity index is 293. The van der Waals surface area contributed by atoms with Gasteiger partial charge in [-0.15, -0.1) is 0 Å². The van der Waals surface area contributed by atoms with E-state index in [-0.39, 0.29) is 17.4 Å². The Morgan fingerprint density at radius 2 is 1.94 bits per heavy atom. The zero-order valence-corrected chi connectivity index (χ0v) is 10.7. The first kappa shape index (κ1) is 13.8. The number of urea groups is 1. The van der Waals surface area contributed by atoms with Gasteiger partial charge in [0.25, 0.3) is 0 Å². The maximum absolute atomic E-state index is 11.5. The number of aliphatic carboxylic acids is 1. The molecule has 0 spiro atoms.